The first-order valence-electron chi connectivity index (χ1n) is 5.85. The van der Waals surface area contributed by atoms with Crippen LogP contribution >= 0.6 is 15.9 Å². The van der Waals surface area contributed by atoms with Crippen LogP contribution in [0.3, 0.4) is 0 Å². The lowest BCUT2D eigenvalue weighted by molar-refractivity contribution is -0.137. The van der Waals surface area contributed by atoms with Gasteiger partial charge in [0, 0.05) is 29.6 Å². The summed E-state index contributed by atoms with van der Waals surface area (Å²) in [7, 11) is 1.49. The van der Waals surface area contributed by atoms with Crippen molar-refractivity contribution in [3.8, 4) is 0 Å². The van der Waals surface area contributed by atoms with Crippen LogP contribution in [-0.2, 0) is 6.18 Å². The molecule has 2 rings (SSSR count). The van der Waals surface area contributed by atoms with Gasteiger partial charge < -0.3 is 4.90 Å². The zero-order valence-corrected chi connectivity index (χ0v) is 12.4. The quantitative estimate of drug-likeness (QED) is 0.808. The Morgan fingerprint density at radius 2 is 1.81 bits per heavy atom. The number of halogens is 4. The summed E-state index contributed by atoms with van der Waals surface area (Å²) in [6.45, 7) is 0. The van der Waals surface area contributed by atoms with Crippen molar-refractivity contribution in [2.24, 2.45) is 0 Å². The van der Waals surface area contributed by atoms with Crippen LogP contribution in [0.5, 0.6) is 0 Å². The molecule has 0 aliphatic rings. The second-order valence-electron chi connectivity index (χ2n) is 4.26. The van der Waals surface area contributed by atoms with E-state index in [2.05, 4.69) is 20.9 Å². The van der Waals surface area contributed by atoms with Crippen molar-refractivity contribution in [3.63, 3.8) is 0 Å². The molecule has 0 bridgehead atoms. The average Bonchev–Trinajstić information content (AvgIpc) is 2.46. The lowest BCUT2D eigenvalue weighted by Gasteiger charge is -2.18. The Kier molecular flexibility index (Phi) is 4.32. The number of nitrogens with zero attached hydrogens (tertiary/aromatic N) is 2. The number of hydrogen-bond acceptors (Lipinski definition) is 2. The molecule has 0 atom stereocenters. The number of aromatic nitrogens is 1. The molecule has 0 saturated heterocycles. The minimum atomic E-state index is -4.50. The van der Waals surface area contributed by atoms with E-state index in [-0.39, 0.29) is 5.56 Å². The predicted octanol–water partition coefficient (Wildman–Crippen LogP) is 4.14. The van der Waals surface area contributed by atoms with Crippen molar-refractivity contribution < 1.29 is 18.0 Å². The van der Waals surface area contributed by atoms with E-state index in [1.165, 1.54) is 30.4 Å². The molecule has 3 nitrogen and oxygen atoms in total. The highest BCUT2D eigenvalue weighted by atomic mass is 79.9. The first kappa shape index (κ1) is 15.5. The van der Waals surface area contributed by atoms with Gasteiger partial charge in [0.2, 0.25) is 0 Å². The largest absolute Gasteiger partial charge is 0.416 e. The number of rotatable bonds is 2. The maximum atomic E-state index is 12.7. The Morgan fingerprint density at radius 3 is 2.38 bits per heavy atom. The van der Waals surface area contributed by atoms with Gasteiger partial charge in [-0.1, -0.05) is 0 Å². The lowest BCUT2D eigenvalue weighted by atomic mass is 10.1. The number of amides is 1. The number of benzene rings is 1. The Bertz CT molecular complexity index is 659. The van der Waals surface area contributed by atoms with E-state index in [0.717, 1.165) is 12.1 Å². The minimum Gasteiger partial charge on any atom is -0.311 e. The Morgan fingerprint density at radius 1 is 1.19 bits per heavy atom. The van der Waals surface area contributed by atoms with Gasteiger partial charge in [-0.25, -0.2) is 0 Å². The van der Waals surface area contributed by atoms with E-state index < -0.39 is 17.6 Å². The molecular formula is C14H10BrF3N2O. The zero-order valence-electron chi connectivity index (χ0n) is 10.9. The lowest BCUT2D eigenvalue weighted by Crippen LogP contribution is -2.27. The molecular weight excluding hydrogens is 349 g/mol. The first-order valence-corrected chi connectivity index (χ1v) is 6.65. The third-order valence-corrected chi connectivity index (χ3v) is 3.57. The molecule has 110 valence electrons. The number of carbonyl (C=O) groups excluding carboxylic acids is 1. The Hall–Kier alpha value is -1.89. The fourth-order valence-electron chi connectivity index (χ4n) is 1.73. The topological polar surface area (TPSA) is 33.2 Å². The van der Waals surface area contributed by atoms with Crippen molar-refractivity contribution in [3.05, 3.63) is 58.3 Å². The van der Waals surface area contributed by atoms with E-state index in [9.17, 15) is 18.0 Å². The van der Waals surface area contributed by atoms with Crippen molar-refractivity contribution in [2.45, 2.75) is 6.18 Å². The Labute approximate surface area is 127 Å². The molecule has 0 aliphatic heterocycles. The number of alkyl halides is 3. The van der Waals surface area contributed by atoms with Crippen LogP contribution < -0.4 is 4.90 Å². The Balaban J connectivity index is 2.39. The molecule has 1 aromatic heterocycles. The summed E-state index contributed by atoms with van der Waals surface area (Å²) < 4.78 is 38.5. The molecule has 7 heteroatoms. The van der Waals surface area contributed by atoms with E-state index >= 15 is 0 Å². The van der Waals surface area contributed by atoms with Crippen LogP contribution in [0, 0.1) is 0 Å². The van der Waals surface area contributed by atoms with Crippen LogP contribution in [0.1, 0.15) is 15.9 Å². The number of pyridine rings is 1. The summed E-state index contributed by atoms with van der Waals surface area (Å²) in [6, 6.07) is 6.17. The minimum absolute atomic E-state index is 0.0517. The summed E-state index contributed by atoms with van der Waals surface area (Å²) in [4.78, 5) is 17.4. The molecule has 0 aliphatic carbocycles. The van der Waals surface area contributed by atoms with Crippen molar-refractivity contribution in [1.82, 2.24) is 4.98 Å². The van der Waals surface area contributed by atoms with Crippen LogP contribution in [-0.4, -0.2) is 17.9 Å². The van der Waals surface area contributed by atoms with Crippen molar-refractivity contribution in [2.75, 3.05) is 11.9 Å². The standard InChI is InChI=1S/C14H10BrF3N2O/c1-20(10-4-6-19-7-5-10)13(21)11-8-9(14(16,17)18)2-3-12(11)15/h2-8H,1H3. The molecule has 1 heterocycles. The molecule has 0 saturated carbocycles. The predicted molar refractivity (Wildman–Crippen MR) is 76.1 cm³/mol. The molecule has 1 amide bonds. The van der Waals surface area contributed by atoms with Gasteiger partial charge in [-0.3, -0.25) is 9.78 Å². The second kappa shape index (κ2) is 5.85. The van der Waals surface area contributed by atoms with Crippen LogP contribution in [0.15, 0.2) is 47.2 Å². The summed E-state index contributed by atoms with van der Waals surface area (Å²) in [5, 5.41) is 0. The molecule has 0 unspecified atom stereocenters. The van der Waals surface area contributed by atoms with Crippen molar-refractivity contribution in [1.29, 1.82) is 0 Å². The summed E-state index contributed by atoms with van der Waals surface area (Å²) in [5.74, 6) is -0.542. The zero-order chi connectivity index (χ0) is 15.6. The number of carbonyl (C=O) groups is 1. The highest BCUT2D eigenvalue weighted by Crippen LogP contribution is 2.32. The van der Waals surface area contributed by atoms with E-state index in [0.29, 0.717) is 10.2 Å². The highest BCUT2D eigenvalue weighted by Gasteiger charge is 2.32. The third kappa shape index (κ3) is 3.41. The maximum Gasteiger partial charge on any atom is 0.416 e. The van der Waals surface area contributed by atoms with Gasteiger partial charge in [0.05, 0.1) is 11.1 Å². The van der Waals surface area contributed by atoms with Gasteiger partial charge in [0.1, 0.15) is 0 Å². The van der Waals surface area contributed by atoms with Crippen molar-refractivity contribution >= 4 is 27.5 Å². The molecule has 0 radical (unpaired) electrons. The molecule has 0 N–H and O–H groups in total. The highest BCUT2D eigenvalue weighted by molar-refractivity contribution is 9.10. The molecule has 2 aromatic rings. The molecule has 1 aromatic carbocycles. The van der Waals surface area contributed by atoms with Gasteiger partial charge in [-0.2, -0.15) is 13.2 Å². The second-order valence-corrected chi connectivity index (χ2v) is 5.12. The van der Waals surface area contributed by atoms with Crippen LogP contribution in [0.25, 0.3) is 0 Å². The fourth-order valence-corrected chi connectivity index (χ4v) is 2.15. The summed E-state index contributed by atoms with van der Waals surface area (Å²) in [6.07, 6.45) is -1.49. The summed E-state index contributed by atoms with van der Waals surface area (Å²) >= 11 is 3.11. The van der Waals surface area contributed by atoms with E-state index in [1.807, 2.05) is 0 Å². The van der Waals surface area contributed by atoms with Gasteiger partial charge >= 0.3 is 6.18 Å². The monoisotopic (exact) mass is 358 g/mol. The smallest absolute Gasteiger partial charge is 0.311 e. The van der Waals surface area contributed by atoms with Gasteiger partial charge in [0.15, 0.2) is 0 Å². The number of anilines is 1. The maximum absolute atomic E-state index is 12.7. The van der Waals surface area contributed by atoms with Gasteiger partial charge in [-0.15, -0.1) is 0 Å². The normalized spacial score (nSPS) is 11.3. The van der Waals surface area contributed by atoms with Crippen LogP contribution in [0.4, 0.5) is 18.9 Å². The molecule has 0 spiro atoms. The van der Waals surface area contributed by atoms with Gasteiger partial charge in [-0.05, 0) is 46.3 Å². The summed E-state index contributed by atoms with van der Waals surface area (Å²) in [5.41, 5.74) is -0.374. The first-order chi connectivity index (χ1) is 9.80. The van der Waals surface area contributed by atoms with E-state index in [4.69, 9.17) is 0 Å². The third-order valence-electron chi connectivity index (χ3n) is 2.88. The fraction of sp³-hybridized carbons (Fsp3) is 0.143. The molecule has 21 heavy (non-hydrogen) atoms. The average molecular weight is 359 g/mol. The van der Waals surface area contributed by atoms with E-state index in [1.54, 1.807) is 12.1 Å². The van der Waals surface area contributed by atoms with Gasteiger partial charge in [0.25, 0.3) is 5.91 Å². The number of hydrogen-bond donors (Lipinski definition) is 0. The SMILES string of the molecule is CN(C(=O)c1cc(C(F)(F)F)ccc1Br)c1ccncc1. The van der Waals surface area contributed by atoms with Crippen LogP contribution in [0.2, 0.25) is 0 Å². The molecule has 0 fully saturated rings.